The molecular weight excluding hydrogens is 773 g/mol. The number of hydrogen-bond donors (Lipinski definition) is 2. The predicted octanol–water partition coefficient (Wildman–Crippen LogP) is 6.16. The van der Waals surface area contributed by atoms with Crippen molar-refractivity contribution in [2.24, 2.45) is 23.2 Å². The molecule has 1 aliphatic carbocycles. The summed E-state index contributed by atoms with van der Waals surface area (Å²) < 4.78 is 54.2. The van der Waals surface area contributed by atoms with Gasteiger partial charge < -0.3 is 47.2 Å². The second-order valence-corrected chi connectivity index (χ2v) is 17.6. The van der Waals surface area contributed by atoms with Gasteiger partial charge >= 0.3 is 17.9 Å². The van der Waals surface area contributed by atoms with Gasteiger partial charge in [0, 0.05) is 50.7 Å². The Bertz CT molecular complexity index is 1430. The summed E-state index contributed by atoms with van der Waals surface area (Å²) in [6.45, 7) is 11.6. The topological polar surface area (TPSA) is 172 Å². The van der Waals surface area contributed by atoms with Gasteiger partial charge in [-0.05, 0) is 81.3 Å². The highest BCUT2D eigenvalue weighted by molar-refractivity contribution is 7.75. The number of rotatable bonds is 18. The highest BCUT2D eigenvalue weighted by atomic mass is 32.1. The number of aldehydes is 1. The lowest BCUT2D eigenvalue weighted by Crippen LogP contribution is -2.63. The molecule has 3 aliphatic heterocycles. The van der Waals surface area contributed by atoms with Crippen LogP contribution < -0.4 is 0 Å². The molecule has 0 aromatic heterocycles. The molecule has 3 heterocycles. The van der Waals surface area contributed by atoms with E-state index in [1.54, 1.807) is 19.9 Å². The van der Waals surface area contributed by atoms with Crippen LogP contribution in [0.25, 0.3) is 0 Å². The van der Waals surface area contributed by atoms with E-state index in [0.717, 1.165) is 44.9 Å². The monoisotopic (exact) mass is 840 g/mol. The summed E-state index contributed by atoms with van der Waals surface area (Å²) in [6.07, 6.45) is 8.71. The van der Waals surface area contributed by atoms with Gasteiger partial charge in [-0.1, -0.05) is 47.1 Å². The fraction of sp³-hybridized carbons (Fsp3) is 0.814. The highest BCUT2D eigenvalue weighted by Crippen LogP contribution is 2.49. The van der Waals surface area contributed by atoms with Gasteiger partial charge in [0.15, 0.2) is 11.9 Å². The van der Waals surface area contributed by atoms with E-state index in [1.165, 1.54) is 39.7 Å². The largest absolute Gasteiger partial charge is 0.466 e. The van der Waals surface area contributed by atoms with Crippen LogP contribution in [-0.2, 0) is 61.3 Å². The second-order valence-electron chi connectivity index (χ2n) is 17.4. The molecule has 0 aromatic carbocycles. The lowest BCUT2D eigenvalue weighted by Gasteiger charge is -2.52. The Morgan fingerprint density at radius 3 is 2.36 bits per heavy atom. The van der Waals surface area contributed by atoms with Gasteiger partial charge in [0.05, 0.1) is 57.3 Å². The fourth-order valence-electron chi connectivity index (χ4n) is 9.49. The maximum atomic E-state index is 13.4. The molecule has 330 valence electrons. The normalized spacial score (nSPS) is 33.8. The van der Waals surface area contributed by atoms with E-state index in [4.69, 9.17) is 42.1 Å². The summed E-state index contributed by atoms with van der Waals surface area (Å²) in [5.41, 5.74) is -0.805. The van der Waals surface area contributed by atoms with E-state index in [1.807, 2.05) is 0 Å². The Labute approximate surface area is 349 Å². The average molecular weight is 841 g/mol. The third-order valence-corrected chi connectivity index (χ3v) is 12.6. The van der Waals surface area contributed by atoms with E-state index < -0.39 is 65.9 Å². The molecule has 0 amide bonds. The average Bonchev–Trinajstić information content (AvgIpc) is 3.17. The third kappa shape index (κ3) is 12.4. The molecule has 4 aliphatic rings. The SMILES string of the molecule is COC(=O)/C=C1\C[C@@H](C[C@H](CO)OC(=O)C[C@@H](C[C@@H]2CCC[C@H](C[C@@H]3CCOC4(C[C@H](C)CC[C@H]4C(C)C)O3)O2)OS)O[C@@](OC)(C(C)(C)/C=C/C=O)[C@H]1OC(C)=O. The first-order valence-corrected chi connectivity index (χ1v) is 21.3. The molecule has 58 heavy (non-hydrogen) atoms. The molecule has 1 N–H and O–H groups in total. The van der Waals surface area contributed by atoms with Gasteiger partial charge in [0.2, 0.25) is 5.79 Å². The Kier molecular flexibility index (Phi) is 18.3. The minimum Gasteiger partial charge on any atom is -0.466 e. The van der Waals surface area contributed by atoms with Crippen molar-refractivity contribution in [3.05, 3.63) is 23.8 Å². The third-order valence-electron chi connectivity index (χ3n) is 12.3. The molecule has 0 aromatic rings. The van der Waals surface area contributed by atoms with Crippen LogP contribution in [0, 0.1) is 23.2 Å². The van der Waals surface area contributed by atoms with Gasteiger partial charge in [-0.25, -0.2) is 4.79 Å². The summed E-state index contributed by atoms with van der Waals surface area (Å²) in [5, 5.41) is 10.4. The second kappa shape index (κ2) is 21.9. The molecule has 15 heteroatoms. The Morgan fingerprint density at radius 2 is 1.72 bits per heavy atom. The molecule has 4 rings (SSSR count). The maximum Gasteiger partial charge on any atom is 0.330 e. The molecule has 1 saturated carbocycles. The lowest BCUT2D eigenvalue weighted by molar-refractivity contribution is -0.342. The minimum absolute atomic E-state index is 0.0101. The number of allylic oxidation sites excluding steroid dienone is 1. The van der Waals surface area contributed by atoms with Crippen LogP contribution in [-0.4, -0.2) is 111 Å². The zero-order chi connectivity index (χ0) is 42.7. The number of carbonyl (C=O) groups excluding carboxylic acids is 4. The van der Waals surface area contributed by atoms with Crippen molar-refractivity contribution < 1.29 is 66.4 Å². The molecule has 0 radical (unpaired) electrons. The molecular formula is C43H68O14S. The molecule has 0 bridgehead atoms. The van der Waals surface area contributed by atoms with E-state index in [-0.39, 0.29) is 37.6 Å². The Hall–Kier alpha value is -2.37. The van der Waals surface area contributed by atoms with Gasteiger partial charge in [-0.15, -0.1) is 0 Å². The summed E-state index contributed by atoms with van der Waals surface area (Å²) in [7, 11) is 2.58. The summed E-state index contributed by atoms with van der Waals surface area (Å²) >= 11 is 4.10. The molecule has 3 saturated heterocycles. The van der Waals surface area contributed by atoms with Crippen LogP contribution in [0.2, 0.25) is 0 Å². The van der Waals surface area contributed by atoms with Crippen molar-refractivity contribution in [3.8, 4) is 0 Å². The summed E-state index contributed by atoms with van der Waals surface area (Å²) in [5.74, 6) is -2.87. The number of carbonyl (C=O) groups is 4. The quantitative estimate of drug-likeness (QED) is 0.0402. The summed E-state index contributed by atoms with van der Waals surface area (Å²) in [4.78, 5) is 49.6. The number of esters is 3. The van der Waals surface area contributed by atoms with Crippen LogP contribution in [0.3, 0.4) is 0 Å². The zero-order valence-electron chi connectivity index (χ0n) is 35.7. The van der Waals surface area contributed by atoms with Crippen LogP contribution in [0.5, 0.6) is 0 Å². The first-order valence-electron chi connectivity index (χ1n) is 20.9. The molecule has 4 fully saturated rings. The van der Waals surface area contributed by atoms with Crippen molar-refractivity contribution in [1.29, 1.82) is 0 Å². The maximum absolute atomic E-state index is 13.4. The van der Waals surface area contributed by atoms with Crippen molar-refractivity contribution in [1.82, 2.24) is 0 Å². The number of aliphatic hydroxyl groups excluding tert-OH is 1. The van der Waals surface area contributed by atoms with Crippen molar-refractivity contribution in [3.63, 3.8) is 0 Å². The van der Waals surface area contributed by atoms with Gasteiger partial charge in [-0.2, -0.15) is 0 Å². The first kappa shape index (κ1) is 48.3. The molecule has 14 nitrogen and oxygen atoms in total. The zero-order valence-corrected chi connectivity index (χ0v) is 36.6. The number of methoxy groups -OCH3 is 2. The van der Waals surface area contributed by atoms with Gasteiger partial charge in [0.25, 0.3) is 0 Å². The Balaban J connectivity index is 1.39. The van der Waals surface area contributed by atoms with E-state index in [2.05, 4.69) is 33.7 Å². The smallest absolute Gasteiger partial charge is 0.330 e. The number of hydrogen-bond acceptors (Lipinski definition) is 15. The van der Waals surface area contributed by atoms with E-state index in [9.17, 15) is 24.3 Å². The van der Waals surface area contributed by atoms with Crippen molar-refractivity contribution in [2.75, 3.05) is 27.4 Å². The number of aliphatic hydroxyl groups is 1. The first-order chi connectivity index (χ1) is 27.5. The summed E-state index contributed by atoms with van der Waals surface area (Å²) in [6, 6.07) is 0. The van der Waals surface area contributed by atoms with Crippen LogP contribution >= 0.6 is 12.9 Å². The molecule has 11 atom stereocenters. The fourth-order valence-corrected chi connectivity index (χ4v) is 9.65. The Morgan fingerprint density at radius 1 is 1.00 bits per heavy atom. The molecule has 1 unspecified atom stereocenters. The number of thiol groups is 1. The van der Waals surface area contributed by atoms with Crippen LogP contribution in [0.1, 0.15) is 119 Å². The standard InChI is InChI=1S/C43H68O14S/c1-27(2)37-14-13-28(3)25-42(37)51-18-15-33(55-42)21-31-11-9-12-32(53-31)22-35(57-58)24-39(48)54-36(26-45)23-34-19-30(20-38(47)49-7)40(52-29(4)46)43(50-8,56-34)41(5,6)16-10-17-44/h10,16-17,20,27-28,31-37,40,45,58H,9,11-15,18-19,21-26H2,1-8H3/b16-10+,30-20+/t28-,31-,32+,33+,34+,35-,36-,37+,40+,42?,43-/m1/s1. The minimum atomic E-state index is -1.75. The van der Waals surface area contributed by atoms with E-state index >= 15 is 0 Å². The van der Waals surface area contributed by atoms with Crippen molar-refractivity contribution in [2.45, 2.75) is 173 Å². The lowest BCUT2D eigenvalue weighted by atomic mass is 9.72. The van der Waals surface area contributed by atoms with E-state index in [0.29, 0.717) is 42.6 Å². The van der Waals surface area contributed by atoms with Crippen LogP contribution in [0.4, 0.5) is 0 Å². The number of ether oxygens (including phenoxy) is 8. The van der Waals surface area contributed by atoms with Gasteiger partial charge in [-0.3, -0.25) is 14.4 Å². The van der Waals surface area contributed by atoms with Crippen LogP contribution in [0.15, 0.2) is 23.8 Å². The molecule has 1 spiro atoms. The highest BCUT2D eigenvalue weighted by Gasteiger charge is 2.59. The van der Waals surface area contributed by atoms with Gasteiger partial charge in [0.1, 0.15) is 12.4 Å². The van der Waals surface area contributed by atoms with Crippen molar-refractivity contribution >= 4 is 37.1 Å². The predicted molar refractivity (Wildman–Crippen MR) is 215 cm³/mol.